The predicted octanol–water partition coefficient (Wildman–Crippen LogP) is 2.67. The fourth-order valence-corrected chi connectivity index (χ4v) is 2.45. The molecule has 7 heteroatoms. The molecule has 2 rings (SSSR count). The van der Waals surface area contributed by atoms with Gasteiger partial charge in [-0.15, -0.1) is 0 Å². The van der Waals surface area contributed by atoms with Gasteiger partial charge in [-0.1, -0.05) is 15.9 Å². The van der Waals surface area contributed by atoms with E-state index in [-0.39, 0.29) is 18.9 Å². The molecule has 1 unspecified atom stereocenters. The lowest BCUT2D eigenvalue weighted by atomic mass is 10.1. The summed E-state index contributed by atoms with van der Waals surface area (Å²) in [7, 11) is 0. The van der Waals surface area contributed by atoms with Crippen molar-refractivity contribution in [2.24, 2.45) is 0 Å². The number of alkyl halides is 3. The lowest BCUT2D eigenvalue weighted by Gasteiger charge is -2.37. The first-order valence-electron chi connectivity index (χ1n) is 5.75. The summed E-state index contributed by atoms with van der Waals surface area (Å²) in [6, 6.07) is 3.38. The number of ether oxygens (including phenoxy) is 1. The number of anilines is 1. The number of halogens is 4. The van der Waals surface area contributed by atoms with E-state index in [4.69, 9.17) is 4.74 Å². The number of hydrogen-bond acceptors (Lipinski definition) is 3. The number of morpholine rings is 1. The molecule has 1 aliphatic heterocycles. The average molecular weight is 340 g/mol. The van der Waals surface area contributed by atoms with E-state index in [2.05, 4.69) is 15.9 Å². The van der Waals surface area contributed by atoms with Gasteiger partial charge in [0, 0.05) is 11.0 Å². The number of nitrogens with zero attached hydrogens (tertiary/aromatic N) is 1. The van der Waals surface area contributed by atoms with Gasteiger partial charge in [0.1, 0.15) is 0 Å². The quantitative estimate of drug-likeness (QED) is 0.899. The van der Waals surface area contributed by atoms with Gasteiger partial charge in [-0.25, -0.2) is 0 Å². The molecule has 1 aromatic rings. The van der Waals surface area contributed by atoms with Crippen LogP contribution in [0.1, 0.15) is 5.56 Å². The van der Waals surface area contributed by atoms with E-state index in [0.717, 1.165) is 6.07 Å². The molecule has 1 heterocycles. The Balaban J connectivity index is 2.44. The highest BCUT2D eigenvalue weighted by atomic mass is 79.9. The van der Waals surface area contributed by atoms with Crippen molar-refractivity contribution in [1.82, 2.24) is 0 Å². The molecule has 0 saturated carbocycles. The van der Waals surface area contributed by atoms with Gasteiger partial charge < -0.3 is 14.7 Å². The predicted molar refractivity (Wildman–Crippen MR) is 68.2 cm³/mol. The van der Waals surface area contributed by atoms with Crippen LogP contribution in [0.5, 0.6) is 0 Å². The molecule has 0 aromatic heterocycles. The minimum Gasteiger partial charge on any atom is -0.394 e. The maximum atomic E-state index is 13.0. The van der Waals surface area contributed by atoms with Crippen molar-refractivity contribution in [3.63, 3.8) is 0 Å². The van der Waals surface area contributed by atoms with Crippen molar-refractivity contribution < 1.29 is 23.0 Å². The van der Waals surface area contributed by atoms with Crippen LogP contribution in [0.15, 0.2) is 22.7 Å². The Labute approximate surface area is 117 Å². The van der Waals surface area contributed by atoms with Crippen LogP contribution in [0, 0.1) is 0 Å². The van der Waals surface area contributed by atoms with E-state index in [1.807, 2.05) is 0 Å². The van der Waals surface area contributed by atoms with Crippen LogP contribution < -0.4 is 4.90 Å². The van der Waals surface area contributed by atoms with Crippen molar-refractivity contribution in [3.05, 3.63) is 28.2 Å². The average Bonchev–Trinajstić information content (AvgIpc) is 2.37. The molecule has 1 saturated heterocycles. The van der Waals surface area contributed by atoms with E-state index < -0.39 is 17.8 Å². The number of benzene rings is 1. The fraction of sp³-hybridized carbons (Fsp3) is 0.500. The Morgan fingerprint density at radius 2 is 2.16 bits per heavy atom. The third kappa shape index (κ3) is 3.21. The summed E-state index contributed by atoms with van der Waals surface area (Å²) in [6.45, 7) is 0.648. The van der Waals surface area contributed by atoms with E-state index >= 15 is 0 Å². The minimum atomic E-state index is -4.42. The Hall–Kier alpha value is -0.790. The number of rotatable bonds is 2. The van der Waals surface area contributed by atoms with Crippen LogP contribution in [-0.4, -0.2) is 37.5 Å². The number of aliphatic hydroxyl groups is 1. The smallest absolute Gasteiger partial charge is 0.394 e. The van der Waals surface area contributed by atoms with Crippen LogP contribution in [0.4, 0.5) is 18.9 Å². The molecule has 1 fully saturated rings. The van der Waals surface area contributed by atoms with Crippen molar-refractivity contribution in [2.75, 3.05) is 31.3 Å². The molecular weight excluding hydrogens is 327 g/mol. The molecule has 1 N–H and O–H groups in total. The van der Waals surface area contributed by atoms with Gasteiger partial charge in [0.15, 0.2) is 0 Å². The topological polar surface area (TPSA) is 32.7 Å². The SMILES string of the molecule is OCC1COCCN1c1cc(Br)ccc1C(F)(F)F. The number of hydrogen-bond donors (Lipinski definition) is 1. The van der Waals surface area contributed by atoms with Gasteiger partial charge >= 0.3 is 6.18 Å². The number of aliphatic hydroxyl groups excluding tert-OH is 1. The Morgan fingerprint density at radius 1 is 1.42 bits per heavy atom. The molecule has 0 radical (unpaired) electrons. The van der Waals surface area contributed by atoms with Gasteiger partial charge in [-0.2, -0.15) is 13.2 Å². The molecule has 0 amide bonds. The zero-order valence-electron chi connectivity index (χ0n) is 9.95. The molecule has 0 bridgehead atoms. The second-order valence-corrected chi connectivity index (χ2v) is 5.18. The monoisotopic (exact) mass is 339 g/mol. The third-order valence-corrected chi connectivity index (χ3v) is 3.51. The minimum absolute atomic E-state index is 0.0734. The van der Waals surface area contributed by atoms with Gasteiger partial charge in [0.05, 0.1) is 37.1 Å². The van der Waals surface area contributed by atoms with E-state index in [1.54, 1.807) is 4.90 Å². The van der Waals surface area contributed by atoms with Crippen LogP contribution >= 0.6 is 15.9 Å². The zero-order valence-corrected chi connectivity index (χ0v) is 11.5. The second-order valence-electron chi connectivity index (χ2n) is 4.26. The van der Waals surface area contributed by atoms with Gasteiger partial charge in [0.25, 0.3) is 0 Å². The Bertz CT molecular complexity index is 453. The third-order valence-electron chi connectivity index (χ3n) is 3.01. The summed E-state index contributed by atoms with van der Waals surface area (Å²) >= 11 is 3.18. The molecule has 1 aliphatic rings. The summed E-state index contributed by atoms with van der Waals surface area (Å²) in [4.78, 5) is 1.55. The summed E-state index contributed by atoms with van der Waals surface area (Å²) in [5.41, 5.74) is -0.625. The highest BCUT2D eigenvalue weighted by molar-refractivity contribution is 9.10. The highest BCUT2D eigenvalue weighted by Gasteiger charge is 2.36. The lowest BCUT2D eigenvalue weighted by Crippen LogP contribution is -2.48. The summed E-state index contributed by atoms with van der Waals surface area (Å²) in [6.07, 6.45) is -4.42. The van der Waals surface area contributed by atoms with Crippen molar-refractivity contribution >= 4 is 21.6 Å². The molecule has 19 heavy (non-hydrogen) atoms. The van der Waals surface area contributed by atoms with E-state index in [1.165, 1.54) is 12.1 Å². The summed E-state index contributed by atoms with van der Waals surface area (Å²) < 4.78 is 44.8. The van der Waals surface area contributed by atoms with Crippen LogP contribution in [0.3, 0.4) is 0 Å². The second kappa shape index (κ2) is 5.68. The molecule has 0 aliphatic carbocycles. The Kier molecular flexibility index (Phi) is 4.37. The van der Waals surface area contributed by atoms with Crippen LogP contribution in [0.25, 0.3) is 0 Å². The molecule has 1 aromatic carbocycles. The Morgan fingerprint density at radius 3 is 2.79 bits per heavy atom. The van der Waals surface area contributed by atoms with Crippen LogP contribution in [-0.2, 0) is 10.9 Å². The summed E-state index contributed by atoms with van der Waals surface area (Å²) in [5.74, 6) is 0. The lowest BCUT2D eigenvalue weighted by molar-refractivity contribution is -0.137. The first-order chi connectivity index (χ1) is 8.93. The summed E-state index contributed by atoms with van der Waals surface area (Å²) in [5, 5.41) is 9.27. The highest BCUT2D eigenvalue weighted by Crippen LogP contribution is 2.39. The first-order valence-corrected chi connectivity index (χ1v) is 6.55. The van der Waals surface area contributed by atoms with Crippen molar-refractivity contribution in [2.45, 2.75) is 12.2 Å². The molecule has 1 atom stereocenters. The van der Waals surface area contributed by atoms with E-state index in [9.17, 15) is 18.3 Å². The largest absolute Gasteiger partial charge is 0.418 e. The van der Waals surface area contributed by atoms with Gasteiger partial charge in [-0.05, 0) is 18.2 Å². The molecule has 0 spiro atoms. The zero-order chi connectivity index (χ0) is 14.0. The maximum absolute atomic E-state index is 13.0. The van der Waals surface area contributed by atoms with Crippen molar-refractivity contribution in [1.29, 1.82) is 0 Å². The van der Waals surface area contributed by atoms with Gasteiger partial charge in [-0.3, -0.25) is 0 Å². The fourth-order valence-electron chi connectivity index (χ4n) is 2.11. The molecule has 106 valence electrons. The normalized spacial score (nSPS) is 20.7. The maximum Gasteiger partial charge on any atom is 0.418 e. The standard InChI is InChI=1S/C12H13BrF3NO2/c13-8-1-2-10(12(14,15)16)11(5-8)17-3-4-19-7-9(17)6-18/h1-2,5,9,18H,3-4,6-7H2. The van der Waals surface area contributed by atoms with Gasteiger partial charge in [0.2, 0.25) is 0 Å². The molecular formula is C12H13BrF3NO2. The molecule has 3 nitrogen and oxygen atoms in total. The van der Waals surface area contributed by atoms with Crippen LogP contribution in [0.2, 0.25) is 0 Å². The van der Waals surface area contributed by atoms with Crippen molar-refractivity contribution in [3.8, 4) is 0 Å². The first kappa shape index (κ1) is 14.6. The van der Waals surface area contributed by atoms with E-state index in [0.29, 0.717) is 17.6 Å².